The highest BCUT2D eigenvalue weighted by Crippen LogP contribution is 2.31. The predicted molar refractivity (Wildman–Crippen MR) is 87.2 cm³/mol. The number of amides is 1. The second-order valence-corrected chi connectivity index (χ2v) is 6.90. The zero-order valence-electron chi connectivity index (χ0n) is 13.0. The number of hydrogen-bond donors (Lipinski definition) is 4. The fourth-order valence-electron chi connectivity index (χ4n) is 3.30. The van der Waals surface area contributed by atoms with Crippen LogP contribution in [0.5, 0.6) is 0 Å². The largest absolute Gasteiger partial charge is 0.446 e. The van der Waals surface area contributed by atoms with E-state index in [0.717, 1.165) is 12.3 Å². The van der Waals surface area contributed by atoms with Crippen LogP contribution in [0.4, 0.5) is 0 Å². The number of nitrogens with one attached hydrogen (secondary N) is 2. The van der Waals surface area contributed by atoms with E-state index in [1.165, 1.54) is 32.1 Å². The Bertz CT molecular complexity index is 415. The Hall–Kier alpha value is -0.920. The second kappa shape index (κ2) is 7.57. The lowest BCUT2D eigenvalue weighted by molar-refractivity contribution is -0.143. The molecule has 22 heavy (non-hydrogen) atoms. The van der Waals surface area contributed by atoms with Crippen LogP contribution < -0.4 is 16.6 Å². The zero-order chi connectivity index (χ0) is 16.2. The fraction of sp³-hybridized carbons (Fsp3) is 0.800. The molecule has 2 fully saturated rings. The number of rotatable bonds is 7. The Labute approximate surface area is 137 Å². The average Bonchev–Trinajstić information content (AvgIpc) is 2.92. The van der Waals surface area contributed by atoms with Gasteiger partial charge in [0.1, 0.15) is 0 Å². The number of hydrazine groups is 1. The minimum Gasteiger partial charge on any atom is -0.446 e. The van der Waals surface area contributed by atoms with Gasteiger partial charge in [0, 0.05) is 6.42 Å². The van der Waals surface area contributed by atoms with Crippen LogP contribution >= 0.6 is 12.2 Å². The van der Waals surface area contributed by atoms with Crippen molar-refractivity contribution in [3.05, 3.63) is 6.42 Å². The highest BCUT2D eigenvalue weighted by atomic mass is 32.1. The molecule has 0 bridgehead atoms. The van der Waals surface area contributed by atoms with Gasteiger partial charge >= 0.3 is 0 Å². The smallest absolute Gasteiger partial charge is 0.273 e. The fourth-order valence-corrected chi connectivity index (χ4v) is 3.45. The second-order valence-electron chi connectivity index (χ2n) is 6.53. The minimum atomic E-state index is -1.88. The summed E-state index contributed by atoms with van der Waals surface area (Å²) in [7, 11) is 0. The van der Waals surface area contributed by atoms with E-state index in [0.29, 0.717) is 12.3 Å². The Morgan fingerprint density at radius 1 is 1.55 bits per heavy atom. The zero-order valence-corrected chi connectivity index (χ0v) is 13.8. The van der Waals surface area contributed by atoms with Gasteiger partial charge in [0.25, 0.3) is 11.1 Å². The standard InChI is InChI=1S/C15H26N3O3S/c1-10(9-11-5-3-2-4-6-11)7-8-15(20,12(16)19)13-17-18-14(22)21-13/h8,10-11,13,17,20H,2-7,9H2,1H3,(H2,16,19)(H,18,22). The summed E-state index contributed by atoms with van der Waals surface area (Å²) in [5.41, 5.74) is 8.67. The Morgan fingerprint density at radius 3 is 2.77 bits per heavy atom. The van der Waals surface area contributed by atoms with Crippen LogP contribution in [0.3, 0.4) is 0 Å². The molecule has 6 nitrogen and oxygen atoms in total. The molecule has 1 amide bonds. The molecule has 3 unspecified atom stereocenters. The molecule has 5 N–H and O–H groups in total. The molecule has 3 atom stereocenters. The molecular weight excluding hydrogens is 302 g/mol. The summed E-state index contributed by atoms with van der Waals surface area (Å²) >= 11 is 4.82. The first-order valence-corrected chi connectivity index (χ1v) is 8.41. The van der Waals surface area contributed by atoms with E-state index in [4.69, 9.17) is 22.7 Å². The van der Waals surface area contributed by atoms with Crippen LogP contribution in [0.15, 0.2) is 0 Å². The topological polar surface area (TPSA) is 96.6 Å². The predicted octanol–water partition coefficient (Wildman–Crippen LogP) is 1.14. The Morgan fingerprint density at radius 2 is 2.23 bits per heavy atom. The number of ether oxygens (including phenoxy) is 1. The molecule has 1 radical (unpaired) electrons. The molecule has 0 aromatic rings. The Kier molecular flexibility index (Phi) is 6.00. The molecule has 1 saturated carbocycles. The third-order valence-corrected chi connectivity index (χ3v) is 4.81. The number of aliphatic hydroxyl groups is 1. The summed E-state index contributed by atoms with van der Waals surface area (Å²) < 4.78 is 5.20. The van der Waals surface area contributed by atoms with E-state index in [9.17, 15) is 9.90 Å². The van der Waals surface area contributed by atoms with Gasteiger partial charge < -0.3 is 15.6 Å². The van der Waals surface area contributed by atoms with Gasteiger partial charge in [-0.1, -0.05) is 39.0 Å². The van der Waals surface area contributed by atoms with Gasteiger partial charge in [0.05, 0.1) is 0 Å². The van der Waals surface area contributed by atoms with E-state index in [-0.39, 0.29) is 5.17 Å². The molecule has 0 spiro atoms. The summed E-state index contributed by atoms with van der Waals surface area (Å²) in [5, 5.41) is 10.6. The third-order valence-electron chi connectivity index (χ3n) is 4.62. The van der Waals surface area contributed by atoms with Crippen LogP contribution in [-0.4, -0.2) is 28.0 Å². The monoisotopic (exact) mass is 328 g/mol. The van der Waals surface area contributed by atoms with Crippen LogP contribution in [-0.2, 0) is 9.53 Å². The van der Waals surface area contributed by atoms with Gasteiger partial charge in [-0.05, 0) is 36.9 Å². The van der Waals surface area contributed by atoms with Gasteiger partial charge in [0.15, 0.2) is 5.60 Å². The molecule has 7 heteroatoms. The average molecular weight is 328 g/mol. The molecule has 1 saturated heterocycles. The van der Waals surface area contributed by atoms with E-state index >= 15 is 0 Å². The molecule has 2 aliphatic rings. The summed E-state index contributed by atoms with van der Waals surface area (Å²) in [5.74, 6) is 0.297. The number of hydrogen-bond acceptors (Lipinski definition) is 5. The molecule has 0 aromatic heterocycles. The van der Waals surface area contributed by atoms with E-state index in [1.54, 1.807) is 6.42 Å². The maximum Gasteiger partial charge on any atom is 0.273 e. The number of carbonyl (C=O) groups is 1. The van der Waals surface area contributed by atoms with E-state index in [2.05, 4.69) is 17.8 Å². The van der Waals surface area contributed by atoms with Crippen molar-refractivity contribution < 1.29 is 14.6 Å². The van der Waals surface area contributed by atoms with E-state index in [1.807, 2.05) is 0 Å². The van der Waals surface area contributed by atoms with Gasteiger partial charge in [-0.3, -0.25) is 10.2 Å². The highest BCUT2D eigenvalue weighted by Gasteiger charge is 2.47. The van der Waals surface area contributed by atoms with Crippen molar-refractivity contribution in [3.63, 3.8) is 0 Å². The molecule has 0 aromatic carbocycles. The minimum absolute atomic E-state index is 0.0910. The molecular formula is C15H26N3O3S. The first kappa shape index (κ1) is 17.4. The maximum absolute atomic E-state index is 11.7. The van der Waals surface area contributed by atoms with Crippen molar-refractivity contribution in [1.29, 1.82) is 0 Å². The molecule has 125 valence electrons. The van der Waals surface area contributed by atoms with Crippen LogP contribution in [0.2, 0.25) is 0 Å². The first-order chi connectivity index (χ1) is 10.4. The van der Waals surface area contributed by atoms with Crippen LogP contribution in [0, 0.1) is 18.3 Å². The number of carbonyl (C=O) groups excluding carboxylic acids is 1. The highest BCUT2D eigenvalue weighted by molar-refractivity contribution is 7.80. The summed E-state index contributed by atoms with van der Waals surface area (Å²) in [4.78, 5) is 11.7. The first-order valence-electron chi connectivity index (χ1n) is 8.00. The van der Waals surface area contributed by atoms with Crippen molar-refractivity contribution in [2.75, 3.05) is 0 Å². The summed E-state index contributed by atoms with van der Waals surface area (Å²) in [6.07, 6.45) is 8.83. The van der Waals surface area contributed by atoms with Crippen molar-refractivity contribution in [3.8, 4) is 0 Å². The Balaban J connectivity index is 1.85. The van der Waals surface area contributed by atoms with Gasteiger partial charge in [-0.25, -0.2) is 0 Å². The summed E-state index contributed by atoms with van der Waals surface area (Å²) in [6, 6.07) is 0. The normalized spacial score (nSPS) is 26.8. The number of nitrogens with two attached hydrogens (primary N) is 1. The van der Waals surface area contributed by atoms with Gasteiger partial charge in [-0.2, -0.15) is 5.43 Å². The lowest BCUT2D eigenvalue weighted by atomic mass is 9.80. The number of thiocarbonyl (C=S) groups is 1. The molecule has 1 aliphatic heterocycles. The molecule has 1 aliphatic carbocycles. The SMILES string of the molecule is CC(C[CH]C(O)(C(N)=O)C1NNC(=S)O1)CC1CCCCC1. The quantitative estimate of drug-likeness (QED) is 0.523. The van der Waals surface area contributed by atoms with E-state index < -0.39 is 17.7 Å². The van der Waals surface area contributed by atoms with Crippen LogP contribution in [0.1, 0.15) is 51.9 Å². The maximum atomic E-state index is 11.7. The van der Waals surface area contributed by atoms with Gasteiger partial charge in [0.2, 0.25) is 6.23 Å². The lowest BCUT2D eigenvalue weighted by Gasteiger charge is -2.30. The van der Waals surface area contributed by atoms with Crippen LogP contribution in [0.25, 0.3) is 0 Å². The van der Waals surface area contributed by atoms with Crippen molar-refractivity contribution in [2.24, 2.45) is 17.6 Å². The molecule has 2 rings (SSSR count). The third kappa shape index (κ3) is 4.30. The van der Waals surface area contributed by atoms with Gasteiger partial charge in [-0.15, -0.1) is 0 Å². The van der Waals surface area contributed by atoms with Crippen molar-refractivity contribution in [2.45, 2.75) is 63.7 Å². The van der Waals surface area contributed by atoms with Crippen molar-refractivity contribution >= 4 is 23.3 Å². The van der Waals surface area contributed by atoms with Crippen molar-refractivity contribution in [1.82, 2.24) is 10.9 Å². The molecule has 1 heterocycles. The summed E-state index contributed by atoms with van der Waals surface area (Å²) in [6.45, 7) is 2.14. The lowest BCUT2D eigenvalue weighted by Crippen LogP contribution is -2.58. The number of primary amides is 1.